The molecule has 152 valence electrons. The Kier molecular flexibility index (Phi) is 6.59. The number of benzene rings is 2. The number of carbonyl (C=O) groups excluding carboxylic acids is 1. The molecule has 1 heterocycles. The number of methoxy groups -OCH3 is 1. The number of aromatic nitrogens is 2. The molecule has 6 nitrogen and oxygen atoms in total. The number of fused-ring (bicyclic) bond motifs is 1. The summed E-state index contributed by atoms with van der Waals surface area (Å²) in [4.78, 5) is 30.4. The minimum absolute atomic E-state index is 0.0149. The molecule has 2 aromatic carbocycles. The van der Waals surface area contributed by atoms with Crippen LogP contribution in [0.2, 0.25) is 0 Å². The van der Waals surface area contributed by atoms with E-state index in [1.807, 2.05) is 39.0 Å². The van der Waals surface area contributed by atoms with Crippen LogP contribution in [0.4, 0.5) is 5.69 Å². The van der Waals surface area contributed by atoms with Gasteiger partial charge in [0.1, 0.15) is 5.75 Å². The minimum atomic E-state index is -0.430. The van der Waals surface area contributed by atoms with Gasteiger partial charge >= 0.3 is 0 Å². The van der Waals surface area contributed by atoms with Crippen molar-refractivity contribution in [1.82, 2.24) is 9.55 Å². The summed E-state index contributed by atoms with van der Waals surface area (Å²) in [6.07, 6.45) is 0.792. The van der Waals surface area contributed by atoms with Gasteiger partial charge in [0.05, 0.1) is 23.3 Å². The molecule has 0 fully saturated rings. The molecule has 0 bridgehead atoms. The zero-order valence-electron chi connectivity index (χ0n) is 17.0. The Balaban J connectivity index is 1.87. The van der Waals surface area contributed by atoms with Crippen LogP contribution in [0.25, 0.3) is 10.9 Å². The summed E-state index contributed by atoms with van der Waals surface area (Å²) in [5.74, 6) is 0.571. The first-order valence-corrected chi connectivity index (χ1v) is 10.5. The van der Waals surface area contributed by atoms with E-state index < -0.39 is 5.25 Å². The van der Waals surface area contributed by atoms with E-state index in [1.165, 1.54) is 11.8 Å². The van der Waals surface area contributed by atoms with Crippen molar-refractivity contribution >= 4 is 34.3 Å². The Labute approximate surface area is 174 Å². The molecular weight excluding hydrogens is 386 g/mol. The van der Waals surface area contributed by atoms with Crippen LogP contribution in [0.1, 0.15) is 33.2 Å². The summed E-state index contributed by atoms with van der Waals surface area (Å²) in [5.41, 5.74) is 1.26. The van der Waals surface area contributed by atoms with Crippen LogP contribution in [0.15, 0.2) is 58.5 Å². The van der Waals surface area contributed by atoms with E-state index in [4.69, 9.17) is 4.74 Å². The molecule has 0 radical (unpaired) electrons. The van der Waals surface area contributed by atoms with Crippen molar-refractivity contribution in [3.05, 3.63) is 58.9 Å². The lowest BCUT2D eigenvalue weighted by molar-refractivity contribution is -0.115. The average Bonchev–Trinajstić information content (AvgIpc) is 2.74. The summed E-state index contributed by atoms with van der Waals surface area (Å²) in [6.45, 7) is 5.83. The highest BCUT2D eigenvalue weighted by Gasteiger charge is 2.21. The number of hydrogen-bond donors (Lipinski definition) is 1. The first-order valence-electron chi connectivity index (χ1n) is 9.57. The summed E-state index contributed by atoms with van der Waals surface area (Å²) < 4.78 is 6.83. The van der Waals surface area contributed by atoms with Gasteiger partial charge < -0.3 is 10.1 Å². The van der Waals surface area contributed by atoms with E-state index in [2.05, 4.69) is 10.3 Å². The third-order valence-corrected chi connectivity index (χ3v) is 5.88. The normalized spacial score (nSPS) is 13.1. The van der Waals surface area contributed by atoms with Crippen molar-refractivity contribution in [2.75, 3.05) is 12.4 Å². The Morgan fingerprint density at radius 1 is 1.17 bits per heavy atom. The van der Waals surface area contributed by atoms with Gasteiger partial charge in [0.25, 0.3) is 5.56 Å². The fraction of sp³-hybridized carbons (Fsp3) is 0.318. The largest absolute Gasteiger partial charge is 0.497 e. The maximum absolute atomic E-state index is 13.0. The smallest absolute Gasteiger partial charge is 0.262 e. The molecule has 1 amide bonds. The van der Waals surface area contributed by atoms with Crippen LogP contribution in [0.3, 0.4) is 0 Å². The second-order valence-corrected chi connectivity index (χ2v) is 8.13. The predicted octanol–water partition coefficient (Wildman–Crippen LogP) is 4.50. The summed E-state index contributed by atoms with van der Waals surface area (Å²) in [6, 6.07) is 14.5. The topological polar surface area (TPSA) is 73.2 Å². The molecule has 3 aromatic rings. The lowest BCUT2D eigenvalue weighted by Crippen LogP contribution is -2.28. The molecule has 0 aliphatic heterocycles. The predicted molar refractivity (Wildman–Crippen MR) is 118 cm³/mol. The molecule has 0 aliphatic carbocycles. The molecule has 0 spiro atoms. The monoisotopic (exact) mass is 411 g/mol. The van der Waals surface area contributed by atoms with Crippen LogP contribution in [0.5, 0.6) is 5.75 Å². The van der Waals surface area contributed by atoms with E-state index in [0.29, 0.717) is 21.7 Å². The van der Waals surface area contributed by atoms with E-state index in [9.17, 15) is 9.59 Å². The molecule has 2 atom stereocenters. The van der Waals surface area contributed by atoms with Crippen molar-refractivity contribution in [2.24, 2.45) is 0 Å². The summed E-state index contributed by atoms with van der Waals surface area (Å²) in [5, 5.41) is 3.61. The van der Waals surface area contributed by atoms with Gasteiger partial charge in [-0.15, -0.1) is 0 Å². The van der Waals surface area contributed by atoms with E-state index in [0.717, 1.165) is 12.2 Å². The van der Waals surface area contributed by atoms with Crippen LogP contribution in [0, 0.1) is 0 Å². The number of anilines is 1. The molecule has 1 aromatic heterocycles. The number of para-hydroxylation sites is 1. The van der Waals surface area contributed by atoms with Gasteiger partial charge in [0, 0.05) is 11.7 Å². The van der Waals surface area contributed by atoms with Gasteiger partial charge in [-0.2, -0.15) is 0 Å². The Morgan fingerprint density at radius 2 is 1.86 bits per heavy atom. The number of carbonyl (C=O) groups is 1. The zero-order chi connectivity index (χ0) is 21.0. The molecule has 0 saturated carbocycles. The molecule has 0 unspecified atom stereocenters. The lowest BCUT2D eigenvalue weighted by atomic mass is 10.2. The van der Waals surface area contributed by atoms with E-state index >= 15 is 0 Å². The van der Waals surface area contributed by atoms with Gasteiger partial charge in [0.15, 0.2) is 5.16 Å². The highest BCUT2D eigenvalue weighted by Crippen LogP contribution is 2.27. The number of rotatable bonds is 7. The van der Waals surface area contributed by atoms with Crippen LogP contribution in [-0.2, 0) is 4.79 Å². The Bertz CT molecular complexity index is 1060. The van der Waals surface area contributed by atoms with E-state index in [-0.39, 0.29) is 17.5 Å². The van der Waals surface area contributed by atoms with Crippen molar-refractivity contribution in [1.29, 1.82) is 0 Å². The number of nitrogens with zero attached hydrogens (tertiary/aromatic N) is 2. The molecule has 0 aliphatic rings. The highest BCUT2D eigenvalue weighted by atomic mass is 32.2. The van der Waals surface area contributed by atoms with Gasteiger partial charge in [-0.3, -0.25) is 14.2 Å². The zero-order valence-corrected chi connectivity index (χ0v) is 17.8. The van der Waals surface area contributed by atoms with E-state index in [1.54, 1.807) is 42.0 Å². The van der Waals surface area contributed by atoms with Crippen LogP contribution >= 0.6 is 11.8 Å². The molecule has 1 N–H and O–H groups in total. The maximum atomic E-state index is 13.0. The number of hydrogen-bond acceptors (Lipinski definition) is 5. The average molecular weight is 412 g/mol. The highest BCUT2D eigenvalue weighted by molar-refractivity contribution is 8.00. The second kappa shape index (κ2) is 9.13. The number of ether oxygens (including phenoxy) is 1. The molecule has 29 heavy (non-hydrogen) atoms. The second-order valence-electron chi connectivity index (χ2n) is 6.82. The van der Waals surface area contributed by atoms with Gasteiger partial charge in [0.2, 0.25) is 5.91 Å². The van der Waals surface area contributed by atoms with Crippen molar-refractivity contribution in [3.8, 4) is 5.75 Å². The molecular formula is C22H25N3O3S. The fourth-order valence-corrected chi connectivity index (χ4v) is 3.92. The van der Waals surface area contributed by atoms with Crippen molar-refractivity contribution in [2.45, 2.75) is 43.6 Å². The molecule has 3 rings (SSSR count). The van der Waals surface area contributed by atoms with Gasteiger partial charge in [-0.1, -0.05) is 30.8 Å². The standard InChI is InChI=1S/C22H25N3O3S/c1-5-14(2)25-21(27)18-8-6-7-9-19(18)24-22(25)29-15(3)20(26)23-16-10-12-17(28-4)13-11-16/h6-15H,5H2,1-4H3,(H,23,26)/t14-,15-/m0/s1. The van der Waals surface area contributed by atoms with Crippen molar-refractivity contribution in [3.63, 3.8) is 0 Å². The third kappa shape index (κ3) is 4.62. The maximum Gasteiger partial charge on any atom is 0.262 e. The van der Waals surface area contributed by atoms with Gasteiger partial charge in [-0.25, -0.2) is 4.98 Å². The van der Waals surface area contributed by atoms with Crippen LogP contribution < -0.4 is 15.6 Å². The van der Waals surface area contributed by atoms with Crippen molar-refractivity contribution < 1.29 is 9.53 Å². The Morgan fingerprint density at radius 3 is 2.52 bits per heavy atom. The SMILES string of the molecule is CC[C@H](C)n1c(S[C@@H](C)C(=O)Nc2ccc(OC)cc2)nc2ccccc2c1=O. The van der Waals surface area contributed by atoms with Crippen LogP contribution in [-0.4, -0.2) is 27.8 Å². The number of nitrogens with one attached hydrogen (secondary N) is 1. The summed E-state index contributed by atoms with van der Waals surface area (Å²) in [7, 11) is 1.60. The third-order valence-electron chi connectivity index (χ3n) is 4.82. The molecule has 7 heteroatoms. The molecule has 0 saturated heterocycles. The number of amides is 1. The minimum Gasteiger partial charge on any atom is -0.497 e. The first kappa shape index (κ1) is 20.9. The van der Waals surface area contributed by atoms with Gasteiger partial charge in [-0.05, 0) is 56.7 Å². The quantitative estimate of drug-likeness (QED) is 0.458. The fourth-order valence-electron chi connectivity index (χ4n) is 2.91. The Hall–Kier alpha value is -2.80. The summed E-state index contributed by atoms with van der Waals surface area (Å²) >= 11 is 1.29. The lowest BCUT2D eigenvalue weighted by Gasteiger charge is -2.20. The first-order chi connectivity index (χ1) is 13.9. The number of thioether (sulfide) groups is 1.